The van der Waals surface area contributed by atoms with E-state index in [2.05, 4.69) is 18.0 Å². The summed E-state index contributed by atoms with van der Waals surface area (Å²) in [4.78, 5) is 2.27. The lowest BCUT2D eigenvalue weighted by molar-refractivity contribution is 0.304. The van der Waals surface area contributed by atoms with Gasteiger partial charge in [-0.2, -0.15) is 0 Å². The maximum Gasteiger partial charge on any atom is 0.0511 e. The Hall–Kier alpha value is -0.570. The monoisotopic (exact) mass is 210 g/mol. The minimum absolute atomic E-state index is 0.208. The quantitative estimate of drug-likeness (QED) is 0.769. The molecule has 0 aromatic heterocycles. The van der Waals surface area contributed by atoms with Gasteiger partial charge in [-0.15, -0.1) is 0 Å². The fourth-order valence-corrected chi connectivity index (χ4v) is 2.41. The van der Waals surface area contributed by atoms with Crippen LogP contribution in [0.3, 0.4) is 0 Å². The molecule has 0 spiro atoms. The Bertz CT molecular complexity index is 317. The first-order valence-corrected chi connectivity index (χ1v) is 5.28. The van der Waals surface area contributed by atoms with Gasteiger partial charge in [0.05, 0.1) is 6.04 Å². The molecule has 76 valence electrons. The molecule has 1 aliphatic rings. The minimum Gasteiger partial charge on any atom is -0.326 e. The van der Waals surface area contributed by atoms with E-state index in [0.29, 0.717) is 0 Å². The van der Waals surface area contributed by atoms with Crippen molar-refractivity contribution in [1.29, 1.82) is 0 Å². The van der Waals surface area contributed by atoms with Gasteiger partial charge in [0, 0.05) is 17.6 Å². The molecule has 1 fully saturated rings. The molecule has 1 saturated heterocycles. The van der Waals surface area contributed by atoms with E-state index in [1.807, 2.05) is 18.2 Å². The largest absolute Gasteiger partial charge is 0.326 e. The van der Waals surface area contributed by atoms with Crippen molar-refractivity contribution >= 4 is 11.6 Å². The van der Waals surface area contributed by atoms with Crippen LogP contribution in [-0.2, 0) is 0 Å². The summed E-state index contributed by atoms with van der Waals surface area (Å²) in [6.45, 7) is 1.05. The van der Waals surface area contributed by atoms with Gasteiger partial charge in [-0.25, -0.2) is 0 Å². The van der Waals surface area contributed by atoms with Gasteiger partial charge in [-0.1, -0.05) is 29.8 Å². The predicted octanol–water partition coefficient (Wildman–Crippen LogP) is 2.04. The van der Waals surface area contributed by atoms with Gasteiger partial charge >= 0.3 is 0 Å². The van der Waals surface area contributed by atoms with Gasteiger partial charge in [-0.05, 0) is 25.1 Å². The Balaban J connectivity index is 2.34. The molecule has 1 aromatic rings. The molecule has 0 radical (unpaired) electrons. The van der Waals surface area contributed by atoms with E-state index in [1.165, 1.54) is 0 Å². The summed E-state index contributed by atoms with van der Waals surface area (Å²) in [5, 5.41) is 0.821. The molecule has 0 aliphatic carbocycles. The summed E-state index contributed by atoms with van der Waals surface area (Å²) in [7, 11) is 2.10. The number of nitrogens with two attached hydrogens (primary N) is 1. The summed E-state index contributed by atoms with van der Waals surface area (Å²) in [5.41, 5.74) is 7.22. The Morgan fingerprint density at radius 1 is 1.43 bits per heavy atom. The molecule has 2 nitrogen and oxygen atoms in total. The number of rotatable bonds is 1. The zero-order valence-electron chi connectivity index (χ0n) is 8.28. The zero-order chi connectivity index (χ0) is 10.1. The molecule has 0 saturated carbocycles. The third-order valence-corrected chi connectivity index (χ3v) is 3.26. The SMILES string of the molecule is CN1CCC(N)C1c1ccccc1Cl. The summed E-state index contributed by atoms with van der Waals surface area (Å²) < 4.78 is 0. The number of likely N-dealkylation sites (N-methyl/N-ethyl adjacent to an activating group) is 1. The molecule has 0 amide bonds. The fraction of sp³-hybridized carbons (Fsp3) is 0.455. The third-order valence-electron chi connectivity index (χ3n) is 2.92. The molecule has 1 heterocycles. The van der Waals surface area contributed by atoms with Gasteiger partial charge in [0.15, 0.2) is 0 Å². The van der Waals surface area contributed by atoms with E-state index in [0.717, 1.165) is 23.6 Å². The normalized spacial score (nSPS) is 28.2. The number of hydrogen-bond acceptors (Lipinski definition) is 2. The van der Waals surface area contributed by atoms with E-state index in [4.69, 9.17) is 17.3 Å². The van der Waals surface area contributed by atoms with Crippen LogP contribution in [0, 0.1) is 0 Å². The van der Waals surface area contributed by atoms with Crippen molar-refractivity contribution in [2.24, 2.45) is 5.73 Å². The Morgan fingerprint density at radius 2 is 2.14 bits per heavy atom. The topological polar surface area (TPSA) is 29.3 Å². The van der Waals surface area contributed by atoms with Crippen LogP contribution in [0.1, 0.15) is 18.0 Å². The molecule has 2 rings (SSSR count). The average molecular weight is 211 g/mol. The van der Waals surface area contributed by atoms with Crippen LogP contribution >= 0.6 is 11.6 Å². The standard InChI is InChI=1S/C11H15ClN2/c1-14-7-6-10(13)11(14)8-4-2-3-5-9(8)12/h2-5,10-11H,6-7,13H2,1H3. The summed E-state index contributed by atoms with van der Waals surface area (Å²) in [6.07, 6.45) is 1.05. The smallest absolute Gasteiger partial charge is 0.0511 e. The lowest BCUT2D eigenvalue weighted by Gasteiger charge is -2.24. The number of nitrogens with zero attached hydrogens (tertiary/aromatic N) is 1. The molecule has 2 atom stereocenters. The summed E-state index contributed by atoms with van der Waals surface area (Å²) in [5.74, 6) is 0. The lowest BCUT2D eigenvalue weighted by Crippen LogP contribution is -2.29. The fourth-order valence-electron chi connectivity index (χ4n) is 2.16. The Kier molecular flexibility index (Phi) is 2.77. The van der Waals surface area contributed by atoms with Crippen molar-refractivity contribution in [3.05, 3.63) is 34.9 Å². The Labute approximate surface area is 89.7 Å². The molecule has 2 N–H and O–H groups in total. The first kappa shape index (κ1) is 9.97. The van der Waals surface area contributed by atoms with Gasteiger partial charge in [0.1, 0.15) is 0 Å². The van der Waals surface area contributed by atoms with E-state index in [-0.39, 0.29) is 12.1 Å². The van der Waals surface area contributed by atoms with Crippen LogP contribution in [0.4, 0.5) is 0 Å². The molecular formula is C11H15ClN2. The van der Waals surface area contributed by atoms with Gasteiger partial charge in [0.25, 0.3) is 0 Å². The van der Waals surface area contributed by atoms with Crippen molar-refractivity contribution in [1.82, 2.24) is 4.90 Å². The van der Waals surface area contributed by atoms with Gasteiger partial charge in [0.2, 0.25) is 0 Å². The first-order chi connectivity index (χ1) is 6.70. The molecule has 1 aliphatic heterocycles. The van der Waals surface area contributed by atoms with Crippen LogP contribution in [0.15, 0.2) is 24.3 Å². The minimum atomic E-state index is 0.208. The average Bonchev–Trinajstić information content (AvgIpc) is 2.48. The highest BCUT2D eigenvalue weighted by Gasteiger charge is 2.31. The summed E-state index contributed by atoms with van der Waals surface area (Å²) in [6, 6.07) is 8.44. The highest BCUT2D eigenvalue weighted by molar-refractivity contribution is 6.31. The van der Waals surface area contributed by atoms with Crippen LogP contribution in [0.25, 0.3) is 0 Å². The number of benzene rings is 1. The van der Waals surface area contributed by atoms with Crippen molar-refractivity contribution in [2.75, 3.05) is 13.6 Å². The maximum absolute atomic E-state index is 6.15. The summed E-state index contributed by atoms with van der Waals surface area (Å²) >= 11 is 6.15. The predicted molar refractivity (Wildman–Crippen MR) is 59.4 cm³/mol. The van der Waals surface area contributed by atoms with E-state index in [9.17, 15) is 0 Å². The second kappa shape index (κ2) is 3.89. The molecule has 2 unspecified atom stereocenters. The van der Waals surface area contributed by atoms with Gasteiger partial charge < -0.3 is 5.73 Å². The second-order valence-corrected chi connectivity index (χ2v) is 4.31. The first-order valence-electron chi connectivity index (χ1n) is 4.90. The highest BCUT2D eigenvalue weighted by atomic mass is 35.5. The number of halogens is 1. The molecule has 14 heavy (non-hydrogen) atoms. The molecule has 0 bridgehead atoms. The third kappa shape index (κ3) is 1.65. The van der Waals surface area contributed by atoms with Crippen molar-refractivity contribution in [3.63, 3.8) is 0 Å². The zero-order valence-corrected chi connectivity index (χ0v) is 9.04. The van der Waals surface area contributed by atoms with Crippen LogP contribution in [0.5, 0.6) is 0 Å². The van der Waals surface area contributed by atoms with E-state index < -0.39 is 0 Å². The van der Waals surface area contributed by atoms with Crippen molar-refractivity contribution < 1.29 is 0 Å². The maximum atomic E-state index is 6.15. The van der Waals surface area contributed by atoms with E-state index in [1.54, 1.807) is 0 Å². The van der Waals surface area contributed by atoms with E-state index >= 15 is 0 Å². The van der Waals surface area contributed by atoms with Crippen LogP contribution in [0.2, 0.25) is 5.02 Å². The number of likely N-dealkylation sites (tertiary alicyclic amines) is 1. The van der Waals surface area contributed by atoms with Gasteiger partial charge in [-0.3, -0.25) is 4.90 Å². The van der Waals surface area contributed by atoms with Crippen LogP contribution in [-0.4, -0.2) is 24.5 Å². The Morgan fingerprint density at radius 3 is 2.71 bits per heavy atom. The second-order valence-electron chi connectivity index (χ2n) is 3.90. The van der Waals surface area contributed by atoms with Crippen molar-refractivity contribution in [3.8, 4) is 0 Å². The lowest BCUT2D eigenvalue weighted by atomic mass is 10.0. The highest BCUT2D eigenvalue weighted by Crippen LogP contribution is 2.33. The van der Waals surface area contributed by atoms with Crippen LogP contribution < -0.4 is 5.73 Å². The molecular weight excluding hydrogens is 196 g/mol. The van der Waals surface area contributed by atoms with Crippen molar-refractivity contribution in [2.45, 2.75) is 18.5 Å². The number of hydrogen-bond donors (Lipinski definition) is 1. The molecule has 1 aromatic carbocycles. The molecule has 3 heteroatoms.